The first-order valence-electron chi connectivity index (χ1n) is 10.1. The van der Waals surface area contributed by atoms with Crippen LogP contribution in [-0.2, 0) is 14.8 Å². The van der Waals surface area contributed by atoms with Crippen molar-refractivity contribution in [3.63, 3.8) is 0 Å². The van der Waals surface area contributed by atoms with E-state index < -0.39 is 27.9 Å². The molecular weight excluding hydrogens is 434 g/mol. The highest BCUT2D eigenvalue weighted by molar-refractivity contribution is 7.89. The zero-order chi connectivity index (χ0) is 23.1. The Hall–Kier alpha value is -3.44. The second-order valence-corrected chi connectivity index (χ2v) is 9.26. The number of amides is 4. The first-order valence-corrected chi connectivity index (χ1v) is 11.5. The number of anilines is 1. The van der Waals surface area contributed by atoms with Crippen LogP contribution >= 0.6 is 0 Å². The van der Waals surface area contributed by atoms with E-state index in [2.05, 4.69) is 21.5 Å². The van der Waals surface area contributed by atoms with Crippen molar-refractivity contribution in [1.29, 1.82) is 0 Å². The number of rotatable bonds is 6. The van der Waals surface area contributed by atoms with Crippen molar-refractivity contribution in [3.05, 3.63) is 59.7 Å². The topological polar surface area (TPSA) is 137 Å². The lowest BCUT2D eigenvalue weighted by Crippen LogP contribution is -2.47. The predicted octanol–water partition coefficient (Wildman–Crippen LogP) is 1.36. The lowest BCUT2D eigenvalue weighted by atomic mass is 10.2. The molecule has 0 radical (unpaired) electrons. The molecule has 2 aromatic carbocycles. The van der Waals surface area contributed by atoms with Crippen molar-refractivity contribution in [2.45, 2.75) is 24.7 Å². The Morgan fingerprint density at radius 2 is 1.69 bits per heavy atom. The van der Waals surface area contributed by atoms with Gasteiger partial charge in [-0.1, -0.05) is 18.2 Å². The van der Waals surface area contributed by atoms with Gasteiger partial charge in [0.1, 0.15) is 6.54 Å². The van der Waals surface area contributed by atoms with E-state index in [0.717, 1.165) is 18.4 Å². The molecule has 1 aliphatic heterocycles. The smallest absolute Gasteiger partial charge is 0.319 e. The highest BCUT2D eigenvalue weighted by Crippen LogP contribution is 2.21. The lowest BCUT2D eigenvalue weighted by Gasteiger charge is -2.16. The van der Waals surface area contributed by atoms with Crippen molar-refractivity contribution in [2.24, 2.45) is 0 Å². The molecule has 0 unspecified atom stereocenters. The van der Waals surface area contributed by atoms with E-state index in [9.17, 15) is 22.8 Å². The van der Waals surface area contributed by atoms with Gasteiger partial charge < -0.3 is 10.6 Å². The average Bonchev–Trinajstić information content (AvgIpc) is 3.32. The van der Waals surface area contributed by atoms with Crippen molar-refractivity contribution in [2.75, 3.05) is 25.0 Å². The zero-order valence-corrected chi connectivity index (χ0v) is 18.4. The third-order valence-electron chi connectivity index (χ3n) is 4.80. The standard InChI is InChI=1S/C21H25N5O5S/c1-15-6-4-8-17(12-15)23-21(29)22-14-19(27)24-25-20(28)16-7-5-9-18(13-16)32(30,31)26-10-2-3-11-26/h4-9,12-13H,2-3,10-11,14H2,1H3,(H,24,27)(H,25,28)(H2,22,23,29). The molecule has 170 valence electrons. The molecule has 0 bridgehead atoms. The Morgan fingerprint density at radius 1 is 0.969 bits per heavy atom. The van der Waals surface area contributed by atoms with Crippen molar-refractivity contribution in [1.82, 2.24) is 20.5 Å². The number of sulfonamides is 1. The van der Waals surface area contributed by atoms with Gasteiger partial charge in [-0.25, -0.2) is 13.2 Å². The first-order chi connectivity index (χ1) is 15.3. The minimum atomic E-state index is -3.66. The molecule has 0 spiro atoms. The third-order valence-corrected chi connectivity index (χ3v) is 6.69. The van der Waals surface area contributed by atoms with Crippen LogP contribution in [-0.4, -0.2) is 50.2 Å². The van der Waals surface area contributed by atoms with Crippen molar-refractivity contribution >= 4 is 33.6 Å². The molecule has 4 amide bonds. The number of benzene rings is 2. The van der Waals surface area contributed by atoms with E-state index in [0.29, 0.717) is 18.8 Å². The van der Waals surface area contributed by atoms with E-state index in [1.54, 1.807) is 18.2 Å². The highest BCUT2D eigenvalue weighted by Gasteiger charge is 2.27. The van der Waals surface area contributed by atoms with Crippen molar-refractivity contribution in [3.8, 4) is 0 Å². The van der Waals surface area contributed by atoms with Gasteiger partial charge in [0, 0.05) is 24.3 Å². The second-order valence-electron chi connectivity index (χ2n) is 7.32. The SMILES string of the molecule is Cc1cccc(NC(=O)NCC(=O)NNC(=O)c2cccc(S(=O)(=O)N3CCCC3)c2)c1. The number of hydrazine groups is 1. The van der Waals surface area contributed by atoms with Crippen LogP contribution in [0.25, 0.3) is 0 Å². The number of hydrogen-bond acceptors (Lipinski definition) is 5. The van der Waals surface area contributed by atoms with Crippen LogP contribution in [0.3, 0.4) is 0 Å². The zero-order valence-electron chi connectivity index (χ0n) is 17.6. The van der Waals surface area contributed by atoms with E-state index in [1.807, 2.05) is 13.0 Å². The van der Waals surface area contributed by atoms with Gasteiger partial charge in [0.2, 0.25) is 10.0 Å². The number of carbonyl (C=O) groups excluding carboxylic acids is 3. The molecule has 3 rings (SSSR count). The quantitative estimate of drug-likeness (QED) is 0.484. The van der Waals surface area contributed by atoms with Gasteiger partial charge in [-0.3, -0.25) is 20.4 Å². The Labute approximate surface area is 186 Å². The van der Waals surface area contributed by atoms with Crippen LogP contribution in [0.15, 0.2) is 53.4 Å². The van der Waals surface area contributed by atoms with Crippen LogP contribution in [0.5, 0.6) is 0 Å². The fourth-order valence-electron chi connectivity index (χ4n) is 3.18. The molecule has 2 aromatic rings. The summed E-state index contributed by atoms with van der Waals surface area (Å²) in [4.78, 5) is 36.1. The van der Waals surface area contributed by atoms with Crippen LogP contribution in [0, 0.1) is 6.92 Å². The van der Waals surface area contributed by atoms with E-state index in [-0.39, 0.29) is 17.0 Å². The molecule has 1 aliphatic rings. The van der Waals surface area contributed by atoms with Gasteiger partial charge in [0.25, 0.3) is 11.8 Å². The molecule has 10 nitrogen and oxygen atoms in total. The molecule has 1 heterocycles. The Balaban J connectivity index is 1.49. The summed E-state index contributed by atoms with van der Waals surface area (Å²) in [6, 6.07) is 12.2. The van der Waals surface area contributed by atoms with Gasteiger partial charge in [0.15, 0.2) is 0 Å². The summed E-state index contributed by atoms with van der Waals surface area (Å²) in [5, 5.41) is 4.97. The molecule has 0 atom stereocenters. The number of nitrogens with zero attached hydrogens (tertiary/aromatic N) is 1. The Bertz CT molecular complexity index is 1110. The highest BCUT2D eigenvalue weighted by atomic mass is 32.2. The molecular formula is C21H25N5O5S. The molecule has 0 aromatic heterocycles. The summed E-state index contributed by atoms with van der Waals surface area (Å²) < 4.78 is 26.7. The van der Waals surface area contributed by atoms with Gasteiger partial charge in [-0.15, -0.1) is 0 Å². The number of aryl methyl sites for hydroxylation is 1. The van der Waals surface area contributed by atoms with Crippen LogP contribution in [0.2, 0.25) is 0 Å². The molecule has 1 saturated heterocycles. The normalized spacial score (nSPS) is 13.9. The summed E-state index contributed by atoms with van der Waals surface area (Å²) in [5.74, 6) is -1.33. The van der Waals surface area contributed by atoms with E-state index >= 15 is 0 Å². The Kier molecular flexibility index (Phi) is 7.44. The number of carbonyl (C=O) groups is 3. The van der Waals surface area contributed by atoms with Gasteiger partial charge in [0.05, 0.1) is 4.90 Å². The van der Waals surface area contributed by atoms with Gasteiger partial charge in [-0.05, 0) is 55.7 Å². The van der Waals surface area contributed by atoms with Crippen LogP contribution < -0.4 is 21.5 Å². The summed E-state index contributed by atoms with van der Waals surface area (Å²) in [5.41, 5.74) is 6.03. The fourth-order valence-corrected chi connectivity index (χ4v) is 4.74. The first kappa shape index (κ1) is 23.2. The number of nitrogens with one attached hydrogen (secondary N) is 4. The fraction of sp³-hybridized carbons (Fsp3) is 0.286. The average molecular weight is 460 g/mol. The van der Waals surface area contributed by atoms with E-state index in [1.165, 1.54) is 28.6 Å². The lowest BCUT2D eigenvalue weighted by molar-refractivity contribution is -0.120. The van der Waals surface area contributed by atoms with Crippen molar-refractivity contribution < 1.29 is 22.8 Å². The molecule has 1 fully saturated rings. The Morgan fingerprint density at radius 3 is 2.41 bits per heavy atom. The minimum absolute atomic E-state index is 0.0212. The maximum absolute atomic E-state index is 12.7. The summed E-state index contributed by atoms with van der Waals surface area (Å²) in [7, 11) is -3.66. The van der Waals surface area contributed by atoms with Crippen LogP contribution in [0.1, 0.15) is 28.8 Å². The third kappa shape index (κ3) is 6.05. The van der Waals surface area contributed by atoms with Crippen LogP contribution in [0.4, 0.5) is 10.5 Å². The molecule has 32 heavy (non-hydrogen) atoms. The summed E-state index contributed by atoms with van der Waals surface area (Å²) in [6.45, 7) is 2.43. The number of urea groups is 1. The monoisotopic (exact) mass is 459 g/mol. The van der Waals surface area contributed by atoms with E-state index in [4.69, 9.17) is 0 Å². The van der Waals surface area contributed by atoms with Gasteiger partial charge >= 0.3 is 6.03 Å². The second kappa shape index (κ2) is 10.2. The molecule has 0 saturated carbocycles. The molecule has 11 heteroatoms. The summed E-state index contributed by atoms with van der Waals surface area (Å²) in [6.07, 6.45) is 1.62. The maximum Gasteiger partial charge on any atom is 0.319 e. The predicted molar refractivity (Wildman–Crippen MR) is 118 cm³/mol. The minimum Gasteiger partial charge on any atom is -0.329 e. The number of hydrogen-bond donors (Lipinski definition) is 4. The molecule has 0 aliphatic carbocycles. The summed E-state index contributed by atoms with van der Waals surface area (Å²) >= 11 is 0. The molecule has 4 N–H and O–H groups in total. The van der Waals surface area contributed by atoms with Gasteiger partial charge in [-0.2, -0.15) is 4.31 Å². The maximum atomic E-state index is 12.7. The largest absolute Gasteiger partial charge is 0.329 e.